The van der Waals surface area contributed by atoms with Crippen LogP contribution < -0.4 is 21.4 Å². The zero-order chi connectivity index (χ0) is 28.7. The molecule has 0 saturated carbocycles. The Morgan fingerprint density at radius 2 is 0.732 bits per heavy atom. The summed E-state index contributed by atoms with van der Waals surface area (Å²) < 4.78 is 8.14. The lowest BCUT2D eigenvalue weighted by atomic mass is 10.0. The van der Waals surface area contributed by atoms with Crippen molar-refractivity contribution in [2.75, 3.05) is 0 Å². The van der Waals surface area contributed by atoms with Crippen molar-refractivity contribution in [3.63, 3.8) is 0 Å². The maximum atomic E-state index is 3.95. The van der Waals surface area contributed by atoms with Crippen LogP contribution in [-0.4, -0.2) is 18.7 Å². The first-order valence-electron chi connectivity index (χ1n) is 16.4. The van der Waals surface area contributed by atoms with Crippen molar-refractivity contribution in [3.05, 3.63) is 88.7 Å². The van der Waals surface area contributed by atoms with E-state index in [9.17, 15) is 0 Å². The number of hydrogen-bond donors (Lipinski definition) is 1. The molecule has 2 bridgehead atoms. The van der Waals surface area contributed by atoms with Crippen LogP contribution in [0, 0.1) is 0 Å². The van der Waals surface area contributed by atoms with Gasteiger partial charge in [-0.15, -0.1) is 0 Å². The highest BCUT2D eigenvalue weighted by Gasteiger charge is 2.36. The van der Waals surface area contributed by atoms with Gasteiger partial charge in [-0.25, -0.2) is 0 Å². The third-order valence-electron chi connectivity index (χ3n) is 10.4. The summed E-state index contributed by atoms with van der Waals surface area (Å²) in [5, 5.41) is 5.61. The molecule has 4 aromatic heterocycles. The van der Waals surface area contributed by atoms with E-state index in [-0.39, 0.29) is 6.29 Å². The summed E-state index contributed by atoms with van der Waals surface area (Å²) in [7, 11) is 0. The van der Waals surface area contributed by atoms with Crippen LogP contribution in [0.1, 0.15) is 129 Å². The number of fused-ring (bicyclic) bond motifs is 2. The van der Waals surface area contributed by atoms with Crippen LogP contribution in [0.4, 0.5) is 0 Å². The van der Waals surface area contributed by atoms with Crippen LogP contribution in [0.25, 0.3) is 24.3 Å². The molecule has 3 aliphatic rings. The molecule has 41 heavy (non-hydrogen) atoms. The maximum absolute atomic E-state index is 3.95. The number of aromatic nitrogens is 4. The SMILES string of the molecule is CCc1c2[nH]c(c1CC)/C=c1/c(CC)c(CC)c3n1C1n4c(c(CC)c(CC)c4C=3)C=c3c(CC)c(CC)/c(n31)=C/2. The summed E-state index contributed by atoms with van der Waals surface area (Å²) in [6.07, 6.45) is 18.6. The van der Waals surface area contributed by atoms with E-state index in [0.717, 1.165) is 51.4 Å². The Balaban J connectivity index is 1.82. The largest absolute Gasteiger partial charge is 0.355 e. The van der Waals surface area contributed by atoms with E-state index in [1.54, 1.807) is 0 Å². The smallest absolute Gasteiger partial charge is 0.194 e. The summed E-state index contributed by atoms with van der Waals surface area (Å²) in [4.78, 5) is 3.95. The molecule has 0 spiro atoms. The monoisotopic (exact) mass is 546 g/mol. The van der Waals surface area contributed by atoms with Crippen LogP contribution in [0.5, 0.6) is 0 Å². The van der Waals surface area contributed by atoms with Crippen molar-refractivity contribution in [1.29, 1.82) is 0 Å². The fraction of sp³-hybridized carbons (Fsp3) is 0.459. The molecule has 3 aliphatic heterocycles. The van der Waals surface area contributed by atoms with E-state index >= 15 is 0 Å². The summed E-state index contributed by atoms with van der Waals surface area (Å²) >= 11 is 0. The van der Waals surface area contributed by atoms with E-state index in [1.165, 1.54) is 88.7 Å². The Morgan fingerprint density at radius 1 is 0.415 bits per heavy atom. The van der Waals surface area contributed by atoms with Crippen molar-refractivity contribution >= 4 is 24.3 Å². The molecule has 7 rings (SSSR count). The number of nitrogens with one attached hydrogen (secondary N) is 1. The average Bonchev–Trinajstić information content (AvgIpc) is 3.68. The highest BCUT2D eigenvalue weighted by Crippen LogP contribution is 2.35. The molecule has 0 fully saturated rings. The van der Waals surface area contributed by atoms with Crippen LogP contribution in [0.2, 0.25) is 0 Å². The Hall–Kier alpha value is -3.40. The standard InChI is InChI=1S/C37H46N4/c1-9-21-22(10-2)30-18-32-24(12-4)26(14-6)34-20-36-28(16-8)27(15-7)35-19-33-25(13-5)23(11-3)31(17-29(21)38-30)39(33)37(40(32)34)41(35)36/h17-20,37-38H,9-16H2,1-8H3/b29-17?,30-18?,31-17-,32-18-. The second-order valence-electron chi connectivity index (χ2n) is 12.0. The van der Waals surface area contributed by atoms with E-state index in [2.05, 4.69) is 98.4 Å². The van der Waals surface area contributed by atoms with Crippen molar-refractivity contribution in [2.24, 2.45) is 0 Å². The molecular weight excluding hydrogens is 500 g/mol. The highest BCUT2D eigenvalue weighted by molar-refractivity contribution is 5.69. The Morgan fingerprint density at radius 3 is 1.05 bits per heavy atom. The van der Waals surface area contributed by atoms with Gasteiger partial charge in [0, 0.05) is 11.4 Å². The third kappa shape index (κ3) is 3.22. The summed E-state index contributed by atoms with van der Waals surface area (Å²) in [5.74, 6) is 0. The molecule has 0 aliphatic carbocycles. The van der Waals surface area contributed by atoms with Gasteiger partial charge in [0.2, 0.25) is 0 Å². The van der Waals surface area contributed by atoms with Gasteiger partial charge in [0.15, 0.2) is 6.29 Å². The van der Waals surface area contributed by atoms with Gasteiger partial charge >= 0.3 is 0 Å². The maximum Gasteiger partial charge on any atom is 0.194 e. The van der Waals surface area contributed by atoms with E-state index in [4.69, 9.17) is 0 Å². The summed E-state index contributed by atoms with van der Waals surface area (Å²) in [5.41, 5.74) is 17.5. The minimum atomic E-state index is 0.0631. The van der Waals surface area contributed by atoms with Gasteiger partial charge in [-0.2, -0.15) is 0 Å². The van der Waals surface area contributed by atoms with E-state index in [0.29, 0.717) is 0 Å². The highest BCUT2D eigenvalue weighted by atomic mass is 15.4. The average molecular weight is 547 g/mol. The summed E-state index contributed by atoms with van der Waals surface area (Å²) in [6.45, 7) is 18.7. The molecule has 7 heterocycles. The second kappa shape index (κ2) is 9.58. The predicted octanol–water partition coefficient (Wildman–Crippen LogP) is 4.73. The fourth-order valence-electron chi connectivity index (χ4n) is 8.80. The molecule has 1 N–H and O–H groups in total. The number of rotatable bonds is 8. The fourth-order valence-corrected chi connectivity index (χ4v) is 8.80. The third-order valence-corrected chi connectivity index (χ3v) is 10.4. The van der Waals surface area contributed by atoms with E-state index < -0.39 is 0 Å². The molecule has 0 unspecified atom stereocenters. The topological polar surface area (TPSA) is 30.6 Å². The first-order chi connectivity index (χ1) is 20.0. The molecule has 0 saturated heterocycles. The lowest BCUT2D eigenvalue weighted by Crippen LogP contribution is -2.51. The Labute approximate surface area is 244 Å². The van der Waals surface area contributed by atoms with Crippen LogP contribution >= 0.6 is 0 Å². The first-order valence-corrected chi connectivity index (χ1v) is 16.4. The van der Waals surface area contributed by atoms with Crippen molar-refractivity contribution < 1.29 is 0 Å². The quantitative estimate of drug-likeness (QED) is 0.286. The molecule has 214 valence electrons. The number of nitrogens with zero attached hydrogens (tertiary/aromatic N) is 3. The van der Waals surface area contributed by atoms with E-state index in [1.807, 2.05) is 0 Å². The first kappa shape index (κ1) is 26.5. The molecular formula is C37H46N4. The zero-order valence-corrected chi connectivity index (χ0v) is 26.4. The molecule has 0 radical (unpaired) electrons. The van der Waals surface area contributed by atoms with Gasteiger partial charge in [0.1, 0.15) is 0 Å². The Bertz CT molecular complexity index is 1840. The molecule has 0 aromatic carbocycles. The van der Waals surface area contributed by atoms with Crippen LogP contribution in [0.15, 0.2) is 0 Å². The summed E-state index contributed by atoms with van der Waals surface area (Å²) in [6, 6.07) is 0. The lowest BCUT2D eigenvalue weighted by molar-refractivity contribution is 0.327. The number of aromatic amines is 1. The van der Waals surface area contributed by atoms with Crippen molar-refractivity contribution in [2.45, 2.75) is 113 Å². The van der Waals surface area contributed by atoms with Crippen molar-refractivity contribution in [3.8, 4) is 0 Å². The second-order valence-corrected chi connectivity index (χ2v) is 12.0. The van der Waals surface area contributed by atoms with Gasteiger partial charge in [0.25, 0.3) is 0 Å². The van der Waals surface area contributed by atoms with Crippen LogP contribution in [-0.2, 0) is 51.4 Å². The lowest BCUT2D eigenvalue weighted by Gasteiger charge is -2.33. The van der Waals surface area contributed by atoms with Crippen LogP contribution in [0.3, 0.4) is 0 Å². The predicted molar refractivity (Wildman–Crippen MR) is 172 cm³/mol. The molecule has 4 heteroatoms. The normalized spacial score (nSPS) is 16.0. The van der Waals surface area contributed by atoms with Gasteiger partial charge in [0.05, 0.1) is 32.8 Å². The minimum absolute atomic E-state index is 0.0631. The van der Waals surface area contributed by atoms with Gasteiger partial charge in [-0.1, -0.05) is 55.4 Å². The van der Waals surface area contributed by atoms with Crippen molar-refractivity contribution in [1.82, 2.24) is 18.7 Å². The minimum Gasteiger partial charge on any atom is -0.355 e. The number of H-pyrrole nitrogens is 1. The molecule has 0 atom stereocenters. The Kier molecular flexibility index (Phi) is 6.19. The van der Waals surface area contributed by atoms with Gasteiger partial charge in [-0.3, -0.25) is 0 Å². The number of hydrogen-bond acceptors (Lipinski definition) is 0. The zero-order valence-electron chi connectivity index (χ0n) is 26.4. The molecule has 0 amide bonds. The molecule has 4 nitrogen and oxygen atoms in total. The van der Waals surface area contributed by atoms with Gasteiger partial charge in [-0.05, 0) is 120 Å². The van der Waals surface area contributed by atoms with Gasteiger partial charge < -0.3 is 18.7 Å². The molecule has 4 aromatic rings.